The van der Waals surface area contributed by atoms with Crippen LogP contribution in [0.4, 0.5) is 0 Å². The monoisotopic (exact) mass is 181 g/mol. The van der Waals surface area contributed by atoms with Gasteiger partial charge in [-0.25, -0.2) is 4.98 Å². The molecule has 0 radical (unpaired) electrons. The summed E-state index contributed by atoms with van der Waals surface area (Å²) in [4.78, 5) is 7.62. The van der Waals surface area contributed by atoms with E-state index < -0.39 is 0 Å². The number of rotatable bonds is 5. The molecule has 0 aliphatic heterocycles. The highest BCUT2D eigenvalue weighted by molar-refractivity contribution is 5.01. The number of nitrogens with one attached hydrogen (secondary N) is 1. The highest BCUT2D eigenvalue weighted by Gasteiger charge is 2.04. The lowest BCUT2D eigenvalue weighted by Crippen LogP contribution is -2.13. The van der Waals surface area contributed by atoms with Gasteiger partial charge in [-0.15, -0.1) is 0 Å². The summed E-state index contributed by atoms with van der Waals surface area (Å²) < 4.78 is 0. The van der Waals surface area contributed by atoms with Gasteiger partial charge in [-0.2, -0.15) is 0 Å². The number of nitrogens with two attached hydrogens (primary N) is 1. The van der Waals surface area contributed by atoms with Gasteiger partial charge in [0.15, 0.2) is 0 Å². The van der Waals surface area contributed by atoms with E-state index in [1.54, 1.807) is 0 Å². The van der Waals surface area contributed by atoms with Gasteiger partial charge in [-0.1, -0.05) is 20.3 Å². The van der Waals surface area contributed by atoms with Crippen LogP contribution in [-0.4, -0.2) is 16.5 Å². The average molecular weight is 181 g/mol. The first-order valence-corrected chi connectivity index (χ1v) is 4.99. The summed E-state index contributed by atoms with van der Waals surface area (Å²) in [5.74, 6) is 1.59. The molecule has 0 amide bonds. The fourth-order valence-electron chi connectivity index (χ4n) is 1.32. The van der Waals surface area contributed by atoms with E-state index in [1.165, 1.54) is 5.69 Å². The van der Waals surface area contributed by atoms with Crippen LogP contribution in [0.15, 0.2) is 6.20 Å². The SMILES string of the molecule is CCCc1cnc(CC(C)CN)[nH]1. The number of imidazole rings is 1. The molecule has 0 fully saturated rings. The Labute approximate surface area is 79.8 Å². The normalized spacial score (nSPS) is 13.2. The van der Waals surface area contributed by atoms with Gasteiger partial charge in [-0.05, 0) is 18.9 Å². The predicted molar refractivity (Wildman–Crippen MR) is 54.5 cm³/mol. The van der Waals surface area contributed by atoms with E-state index in [4.69, 9.17) is 5.73 Å². The molecule has 13 heavy (non-hydrogen) atoms. The minimum atomic E-state index is 0.514. The largest absolute Gasteiger partial charge is 0.346 e. The van der Waals surface area contributed by atoms with Crippen molar-refractivity contribution in [1.29, 1.82) is 0 Å². The van der Waals surface area contributed by atoms with Crippen molar-refractivity contribution in [3.05, 3.63) is 17.7 Å². The van der Waals surface area contributed by atoms with Crippen LogP contribution in [0.5, 0.6) is 0 Å². The summed E-state index contributed by atoms with van der Waals surface area (Å²) in [6, 6.07) is 0. The fourth-order valence-corrected chi connectivity index (χ4v) is 1.32. The summed E-state index contributed by atoms with van der Waals surface area (Å²) in [6.07, 6.45) is 5.14. The molecule has 0 aliphatic rings. The zero-order valence-corrected chi connectivity index (χ0v) is 8.51. The molecule has 1 atom stereocenters. The Morgan fingerprint density at radius 3 is 3.00 bits per heavy atom. The minimum Gasteiger partial charge on any atom is -0.346 e. The Kier molecular flexibility index (Phi) is 3.96. The van der Waals surface area contributed by atoms with Crippen LogP contribution in [-0.2, 0) is 12.8 Å². The minimum absolute atomic E-state index is 0.514. The average Bonchev–Trinajstić information content (AvgIpc) is 2.53. The van der Waals surface area contributed by atoms with E-state index in [9.17, 15) is 0 Å². The number of nitrogens with zero attached hydrogens (tertiary/aromatic N) is 1. The first-order chi connectivity index (χ1) is 6.26. The van der Waals surface area contributed by atoms with Crippen LogP contribution >= 0.6 is 0 Å². The number of aromatic nitrogens is 2. The van der Waals surface area contributed by atoms with Gasteiger partial charge >= 0.3 is 0 Å². The van der Waals surface area contributed by atoms with E-state index in [0.29, 0.717) is 5.92 Å². The molecular weight excluding hydrogens is 162 g/mol. The predicted octanol–water partition coefficient (Wildman–Crippen LogP) is 1.50. The first kappa shape index (κ1) is 10.3. The molecular formula is C10H19N3. The molecule has 1 rings (SSSR count). The van der Waals surface area contributed by atoms with Crippen molar-refractivity contribution in [2.24, 2.45) is 11.7 Å². The van der Waals surface area contributed by atoms with Crippen LogP contribution in [0.3, 0.4) is 0 Å². The Hall–Kier alpha value is -0.830. The van der Waals surface area contributed by atoms with Crippen molar-refractivity contribution in [3.63, 3.8) is 0 Å². The third kappa shape index (κ3) is 3.19. The van der Waals surface area contributed by atoms with Crippen LogP contribution in [0, 0.1) is 5.92 Å². The zero-order chi connectivity index (χ0) is 9.68. The van der Waals surface area contributed by atoms with E-state index in [1.807, 2.05) is 6.20 Å². The molecule has 0 aromatic carbocycles. The number of H-pyrrole nitrogens is 1. The lowest BCUT2D eigenvalue weighted by Gasteiger charge is -2.04. The standard InChI is InChI=1S/C10H19N3/c1-3-4-9-7-12-10(13-9)5-8(2)6-11/h7-8H,3-6,11H2,1-2H3,(H,12,13). The molecule has 3 heteroatoms. The highest BCUT2D eigenvalue weighted by atomic mass is 14.9. The van der Waals surface area contributed by atoms with Crippen molar-refractivity contribution in [1.82, 2.24) is 9.97 Å². The van der Waals surface area contributed by atoms with Crippen molar-refractivity contribution < 1.29 is 0 Å². The van der Waals surface area contributed by atoms with Crippen LogP contribution in [0.2, 0.25) is 0 Å². The van der Waals surface area contributed by atoms with Gasteiger partial charge in [0.2, 0.25) is 0 Å². The Morgan fingerprint density at radius 1 is 1.62 bits per heavy atom. The topological polar surface area (TPSA) is 54.7 Å². The van der Waals surface area contributed by atoms with Gasteiger partial charge in [0.25, 0.3) is 0 Å². The quantitative estimate of drug-likeness (QED) is 0.723. The van der Waals surface area contributed by atoms with Crippen molar-refractivity contribution in [2.75, 3.05) is 6.54 Å². The van der Waals surface area contributed by atoms with Gasteiger partial charge in [-0.3, -0.25) is 0 Å². The maximum atomic E-state index is 5.54. The summed E-state index contributed by atoms with van der Waals surface area (Å²) in [5, 5.41) is 0. The molecule has 0 saturated carbocycles. The Balaban J connectivity index is 2.48. The van der Waals surface area contributed by atoms with E-state index in [-0.39, 0.29) is 0 Å². The molecule has 1 unspecified atom stereocenters. The zero-order valence-electron chi connectivity index (χ0n) is 8.51. The number of aryl methyl sites for hydroxylation is 1. The number of hydrogen-bond acceptors (Lipinski definition) is 2. The van der Waals surface area contributed by atoms with Crippen LogP contribution in [0.25, 0.3) is 0 Å². The van der Waals surface area contributed by atoms with E-state index in [0.717, 1.165) is 31.6 Å². The highest BCUT2D eigenvalue weighted by Crippen LogP contribution is 2.05. The molecule has 0 aliphatic carbocycles. The molecule has 3 nitrogen and oxygen atoms in total. The van der Waals surface area contributed by atoms with Gasteiger partial charge in [0, 0.05) is 18.3 Å². The van der Waals surface area contributed by atoms with Crippen molar-refractivity contribution in [2.45, 2.75) is 33.1 Å². The van der Waals surface area contributed by atoms with E-state index >= 15 is 0 Å². The Morgan fingerprint density at radius 2 is 2.38 bits per heavy atom. The summed E-state index contributed by atoms with van der Waals surface area (Å²) >= 11 is 0. The second-order valence-corrected chi connectivity index (χ2v) is 3.65. The summed E-state index contributed by atoms with van der Waals surface area (Å²) in [6.45, 7) is 5.04. The van der Waals surface area contributed by atoms with Crippen LogP contribution < -0.4 is 5.73 Å². The molecule has 1 heterocycles. The molecule has 1 aromatic rings. The molecule has 0 bridgehead atoms. The lowest BCUT2D eigenvalue weighted by molar-refractivity contribution is 0.576. The van der Waals surface area contributed by atoms with E-state index in [2.05, 4.69) is 23.8 Å². The van der Waals surface area contributed by atoms with Gasteiger partial charge in [0.1, 0.15) is 5.82 Å². The molecule has 1 aromatic heterocycles. The molecule has 3 N–H and O–H groups in total. The lowest BCUT2D eigenvalue weighted by atomic mass is 10.1. The van der Waals surface area contributed by atoms with Crippen molar-refractivity contribution >= 4 is 0 Å². The molecule has 0 saturated heterocycles. The number of aromatic amines is 1. The van der Waals surface area contributed by atoms with Crippen molar-refractivity contribution in [3.8, 4) is 0 Å². The smallest absolute Gasteiger partial charge is 0.106 e. The maximum absolute atomic E-state index is 5.54. The third-order valence-corrected chi connectivity index (χ3v) is 2.14. The fraction of sp³-hybridized carbons (Fsp3) is 0.700. The Bertz CT molecular complexity index is 242. The summed E-state index contributed by atoms with van der Waals surface area (Å²) in [5.41, 5.74) is 6.78. The molecule has 0 spiro atoms. The number of hydrogen-bond donors (Lipinski definition) is 2. The maximum Gasteiger partial charge on any atom is 0.106 e. The first-order valence-electron chi connectivity index (χ1n) is 4.99. The third-order valence-electron chi connectivity index (χ3n) is 2.14. The van der Waals surface area contributed by atoms with Crippen LogP contribution in [0.1, 0.15) is 31.8 Å². The second-order valence-electron chi connectivity index (χ2n) is 3.65. The molecule has 74 valence electrons. The summed E-state index contributed by atoms with van der Waals surface area (Å²) in [7, 11) is 0. The van der Waals surface area contributed by atoms with Gasteiger partial charge in [0.05, 0.1) is 0 Å². The second kappa shape index (κ2) is 5.02. The van der Waals surface area contributed by atoms with Gasteiger partial charge < -0.3 is 10.7 Å².